The van der Waals surface area contributed by atoms with E-state index in [9.17, 15) is 4.79 Å². The van der Waals surface area contributed by atoms with Gasteiger partial charge in [-0.3, -0.25) is 4.79 Å². The summed E-state index contributed by atoms with van der Waals surface area (Å²) in [5, 5.41) is 1.10. The van der Waals surface area contributed by atoms with Gasteiger partial charge in [-0.15, -0.1) is 0 Å². The van der Waals surface area contributed by atoms with E-state index in [2.05, 4.69) is 16.9 Å². The molecule has 0 aliphatic carbocycles. The largest absolute Gasteiger partial charge is 0.373 e. The van der Waals surface area contributed by atoms with Gasteiger partial charge < -0.3 is 15.6 Å². The third-order valence-electron chi connectivity index (χ3n) is 3.43. The Morgan fingerprint density at radius 1 is 1.47 bits per heavy atom. The number of primary amides is 1. The Kier molecular flexibility index (Phi) is 2.11. The van der Waals surface area contributed by atoms with E-state index >= 15 is 0 Å². The second-order valence-electron chi connectivity index (χ2n) is 4.60. The third-order valence-corrected chi connectivity index (χ3v) is 3.43. The fourth-order valence-electron chi connectivity index (χ4n) is 2.61. The molecule has 1 aromatic carbocycles. The van der Waals surface area contributed by atoms with Gasteiger partial charge in [0.15, 0.2) is 0 Å². The normalized spacial score (nSPS) is 15.0. The van der Waals surface area contributed by atoms with Gasteiger partial charge in [-0.25, -0.2) is 0 Å². The molecule has 88 valence electrons. The van der Waals surface area contributed by atoms with Crippen LogP contribution in [-0.2, 0) is 6.42 Å². The standard InChI is InChI=1S/C13H15N3O/c1-16-6-2-3-11-12(16)9-7-8(13(14)17)4-5-10(9)15-11/h4-5,7,15H,2-3,6H2,1H3,(H2,14,17). The Labute approximate surface area is 99.4 Å². The number of carbonyl (C=O) groups excluding carboxylic acids is 1. The number of amides is 1. The lowest BCUT2D eigenvalue weighted by atomic mass is 10.1. The zero-order valence-corrected chi connectivity index (χ0v) is 9.79. The molecule has 1 aromatic heterocycles. The second-order valence-corrected chi connectivity index (χ2v) is 4.60. The molecule has 2 aromatic rings. The van der Waals surface area contributed by atoms with Crippen molar-refractivity contribution in [3.05, 3.63) is 29.5 Å². The van der Waals surface area contributed by atoms with Gasteiger partial charge in [-0.2, -0.15) is 0 Å². The molecule has 0 spiro atoms. The van der Waals surface area contributed by atoms with Crippen molar-refractivity contribution in [1.82, 2.24) is 4.98 Å². The average Bonchev–Trinajstić information content (AvgIpc) is 2.67. The molecule has 1 aliphatic rings. The Balaban J connectivity index is 2.27. The fraction of sp³-hybridized carbons (Fsp3) is 0.308. The number of rotatable bonds is 1. The smallest absolute Gasteiger partial charge is 0.248 e. The maximum absolute atomic E-state index is 11.2. The van der Waals surface area contributed by atoms with Crippen molar-refractivity contribution < 1.29 is 4.79 Å². The predicted octanol–water partition coefficient (Wildman–Crippen LogP) is 1.65. The van der Waals surface area contributed by atoms with Gasteiger partial charge in [-0.05, 0) is 31.0 Å². The van der Waals surface area contributed by atoms with Crippen LogP contribution in [0.4, 0.5) is 5.69 Å². The number of aromatic nitrogens is 1. The molecule has 0 saturated carbocycles. The lowest BCUT2D eigenvalue weighted by Crippen LogP contribution is -2.24. The van der Waals surface area contributed by atoms with Crippen molar-refractivity contribution in [2.24, 2.45) is 5.73 Å². The summed E-state index contributed by atoms with van der Waals surface area (Å²) in [5.41, 5.74) is 9.44. The van der Waals surface area contributed by atoms with Crippen LogP contribution in [-0.4, -0.2) is 24.5 Å². The van der Waals surface area contributed by atoms with Crippen molar-refractivity contribution in [3.63, 3.8) is 0 Å². The number of hydrogen-bond donors (Lipinski definition) is 2. The molecule has 3 N–H and O–H groups in total. The van der Waals surface area contributed by atoms with Crippen LogP contribution in [0.5, 0.6) is 0 Å². The SMILES string of the molecule is CN1CCCc2[nH]c3ccc(C(N)=O)cc3c21. The van der Waals surface area contributed by atoms with E-state index in [4.69, 9.17) is 5.73 Å². The first-order chi connectivity index (χ1) is 8.16. The molecule has 3 rings (SSSR count). The summed E-state index contributed by atoms with van der Waals surface area (Å²) in [6.07, 6.45) is 2.24. The topological polar surface area (TPSA) is 62.1 Å². The van der Waals surface area contributed by atoms with Gasteiger partial charge in [0, 0.05) is 35.8 Å². The van der Waals surface area contributed by atoms with Gasteiger partial charge in [0.05, 0.1) is 5.69 Å². The van der Waals surface area contributed by atoms with E-state index in [1.54, 1.807) is 6.07 Å². The van der Waals surface area contributed by atoms with Crippen molar-refractivity contribution in [2.45, 2.75) is 12.8 Å². The number of aromatic amines is 1. The molecule has 0 unspecified atom stereocenters. The number of aryl methyl sites for hydroxylation is 1. The number of nitrogens with one attached hydrogen (secondary N) is 1. The zero-order valence-electron chi connectivity index (χ0n) is 9.79. The number of nitrogens with two attached hydrogens (primary N) is 1. The summed E-state index contributed by atoms with van der Waals surface area (Å²) in [4.78, 5) is 16.9. The highest BCUT2D eigenvalue weighted by Crippen LogP contribution is 2.34. The average molecular weight is 229 g/mol. The highest BCUT2D eigenvalue weighted by Gasteiger charge is 2.19. The highest BCUT2D eigenvalue weighted by atomic mass is 16.1. The molecule has 1 aliphatic heterocycles. The lowest BCUT2D eigenvalue weighted by molar-refractivity contribution is 0.100. The van der Waals surface area contributed by atoms with Crippen LogP contribution in [0, 0.1) is 0 Å². The monoisotopic (exact) mass is 229 g/mol. The summed E-state index contributed by atoms with van der Waals surface area (Å²) in [6, 6.07) is 5.59. The zero-order chi connectivity index (χ0) is 12.0. The first-order valence-electron chi connectivity index (χ1n) is 5.82. The van der Waals surface area contributed by atoms with Crippen LogP contribution < -0.4 is 10.6 Å². The van der Waals surface area contributed by atoms with E-state index in [0.717, 1.165) is 23.9 Å². The maximum Gasteiger partial charge on any atom is 0.248 e. The highest BCUT2D eigenvalue weighted by molar-refractivity contribution is 6.02. The van der Waals surface area contributed by atoms with Crippen LogP contribution in [0.1, 0.15) is 22.5 Å². The molecule has 2 heterocycles. The van der Waals surface area contributed by atoms with Crippen LogP contribution in [0.3, 0.4) is 0 Å². The number of H-pyrrole nitrogens is 1. The van der Waals surface area contributed by atoms with Crippen LogP contribution >= 0.6 is 0 Å². The summed E-state index contributed by atoms with van der Waals surface area (Å²) >= 11 is 0. The molecule has 4 heteroatoms. The molecule has 0 saturated heterocycles. The Hall–Kier alpha value is -1.97. The minimum absolute atomic E-state index is 0.375. The van der Waals surface area contributed by atoms with Crippen LogP contribution in [0.2, 0.25) is 0 Å². The Bertz CT molecular complexity index is 600. The molecule has 0 bridgehead atoms. The molecular weight excluding hydrogens is 214 g/mol. The van der Waals surface area contributed by atoms with Crippen molar-refractivity contribution in [3.8, 4) is 0 Å². The summed E-state index contributed by atoms with van der Waals surface area (Å²) in [7, 11) is 2.09. The first kappa shape index (κ1) is 10.2. The molecule has 0 atom stereocenters. The number of hydrogen-bond acceptors (Lipinski definition) is 2. The predicted molar refractivity (Wildman–Crippen MR) is 68.4 cm³/mol. The number of anilines is 1. The quantitative estimate of drug-likeness (QED) is 0.781. The van der Waals surface area contributed by atoms with E-state index in [1.165, 1.54) is 17.8 Å². The number of fused-ring (bicyclic) bond motifs is 3. The van der Waals surface area contributed by atoms with Crippen molar-refractivity contribution in [1.29, 1.82) is 0 Å². The molecule has 1 amide bonds. The number of nitrogens with zero attached hydrogens (tertiary/aromatic N) is 1. The van der Waals surface area contributed by atoms with Crippen LogP contribution in [0.25, 0.3) is 10.9 Å². The lowest BCUT2D eigenvalue weighted by Gasteiger charge is -2.24. The van der Waals surface area contributed by atoms with Crippen molar-refractivity contribution >= 4 is 22.5 Å². The molecule has 0 radical (unpaired) electrons. The van der Waals surface area contributed by atoms with Gasteiger partial charge >= 0.3 is 0 Å². The second kappa shape index (κ2) is 3.52. The van der Waals surface area contributed by atoms with Gasteiger partial charge in [-0.1, -0.05) is 0 Å². The van der Waals surface area contributed by atoms with Crippen molar-refractivity contribution in [2.75, 3.05) is 18.5 Å². The van der Waals surface area contributed by atoms with E-state index < -0.39 is 0 Å². The van der Waals surface area contributed by atoms with Gasteiger partial charge in [0.25, 0.3) is 0 Å². The summed E-state index contributed by atoms with van der Waals surface area (Å²) in [6.45, 7) is 1.06. The summed E-state index contributed by atoms with van der Waals surface area (Å²) in [5.74, 6) is -0.375. The fourth-order valence-corrected chi connectivity index (χ4v) is 2.61. The van der Waals surface area contributed by atoms with Gasteiger partial charge in [0.1, 0.15) is 0 Å². The minimum atomic E-state index is -0.375. The number of benzene rings is 1. The minimum Gasteiger partial charge on any atom is -0.373 e. The summed E-state index contributed by atoms with van der Waals surface area (Å²) < 4.78 is 0. The van der Waals surface area contributed by atoms with E-state index in [1.807, 2.05) is 12.1 Å². The van der Waals surface area contributed by atoms with Gasteiger partial charge in [0.2, 0.25) is 5.91 Å². The van der Waals surface area contributed by atoms with E-state index in [-0.39, 0.29) is 5.91 Å². The molecule has 17 heavy (non-hydrogen) atoms. The van der Waals surface area contributed by atoms with E-state index in [0.29, 0.717) is 5.56 Å². The maximum atomic E-state index is 11.2. The Morgan fingerprint density at radius 2 is 2.29 bits per heavy atom. The Morgan fingerprint density at radius 3 is 3.06 bits per heavy atom. The number of carbonyl (C=O) groups is 1. The van der Waals surface area contributed by atoms with Crippen LogP contribution in [0.15, 0.2) is 18.2 Å². The third kappa shape index (κ3) is 1.48. The molecule has 0 fully saturated rings. The first-order valence-corrected chi connectivity index (χ1v) is 5.82. The molecular formula is C13H15N3O. The molecule has 4 nitrogen and oxygen atoms in total.